The third-order valence-electron chi connectivity index (χ3n) is 5.28. The molecule has 0 bridgehead atoms. The summed E-state index contributed by atoms with van der Waals surface area (Å²) in [4.78, 5) is 19.3. The van der Waals surface area contributed by atoms with Gasteiger partial charge < -0.3 is 14.4 Å². The van der Waals surface area contributed by atoms with Crippen LogP contribution in [0.15, 0.2) is 41.4 Å². The largest absolute Gasteiger partial charge is 0.497 e. The number of halogens is 1. The number of hydrogen-bond donors (Lipinski definition) is 0. The minimum absolute atomic E-state index is 0.0440. The molecule has 4 rings (SSSR count). The Labute approximate surface area is 163 Å². The zero-order valence-corrected chi connectivity index (χ0v) is 16.1. The van der Waals surface area contributed by atoms with Crippen LogP contribution >= 0.6 is 11.6 Å². The van der Waals surface area contributed by atoms with Crippen LogP contribution in [-0.4, -0.2) is 43.8 Å². The normalized spacial score (nSPS) is 18.9. The Morgan fingerprint density at radius 3 is 2.81 bits per heavy atom. The summed E-state index contributed by atoms with van der Waals surface area (Å²) >= 11 is 6.33. The van der Waals surface area contributed by atoms with Gasteiger partial charge in [0.2, 0.25) is 5.91 Å². The van der Waals surface area contributed by atoms with E-state index >= 15 is 0 Å². The van der Waals surface area contributed by atoms with E-state index in [0.717, 1.165) is 40.3 Å². The van der Waals surface area contributed by atoms with Gasteiger partial charge in [-0.25, -0.2) is 0 Å². The van der Waals surface area contributed by atoms with Crippen LogP contribution in [0, 0.1) is 0 Å². The van der Waals surface area contributed by atoms with Crippen molar-refractivity contribution in [1.29, 1.82) is 0 Å². The SMILES string of the molecule is COc1cccc(C2=NCC(=O)N3CCc4c(OC)cc(Cl)cc4C3C2)c1. The maximum atomic E-state index is 12.7. The molecule has 2 aromatic carbocycles. The molecule has 0 aliphatic carbocycles. The summed E-state index contributed by atoms with van der Waals surface area (Å²) < 4.78 is 10.9. The van der Waals surface area contributed by atoms with E-state index < -0.39 is 0 Å². The molecule has 0 aromatic heterocycles. The predicted molar refractivity (Wildman–Crippen MR) is 105 cm³/mol. The average molecular weight is 385 g/mol. The molecule has 1 unspecified atom stereocenters. The second kappa shape index (κ2) is 7.24. The van der Waals surface area contributed by atoms with Crippen LogP contribution in [-0.2, 0) is 11.2 Å². The number of fused-ring (bicyclic) bond motifs is 3. The van der Waals surface area contributed by atoms with Gasteiger partial charge in [0.05, 0.1) is 20.3 Å². The lowest BCUT2D eigenvalue weighted by Gasteiger charge is -2.37. The summed E-state index contributed by atoms with van der Waals surface area (Å²) in [6, 6.07) is 11.5. The quantitative estimate of drug-likeness (QED) is 0.811. The fraction of sp³-hybridized carbons (Fsp3) is 0.333. The molecule has 0 N–H and O–H groups in total. The maximum Gasteiger partial charge on any atom is 0.244 e. The topological polar surface area (TPSA) is 51.1 Å². The van der Waals surface area contributed by atoms with E-state index in [9.17, 15) is 4.79 Å². The van der Waals surface area contributed by atoms with Gasteiger partial charge in [-0.2, -0.15) is 0 Å². The van der Waals surface area contributed by atoms with Crippen molar-refractivity contribution in [2.24, 2.45) is 4.99 Å². The van der Waals surface area contributed by atoms with Crippen molar-refractivity contribution in [1.82, 2.24) is 4.90 Å². The van der Waals surface area contributed by atoms with Crippen LogP contribution in [0.2, 0.25) is 5.02 Å². The summed E-state index contributed by atoms with van der Waals surface area (Å²) in [5.41, 5.74) is 4.06. The summed E-state index contributed by atoms with van der Waals surface area (Å²) in [5.74, 6) is 1.60. The van der Waals surface area contributed by atoms with Gasteiger partial charge in [-0.3, -0.25) is 9.79 Å². The molecule has 0 radical (unpaired) electrons. The number of methoxy groups -OCH3 is 2. The Bertz CT molecular complexity index is 926. The van der Waals surface area contributed by atoms with Crippen LogP contribution < -0.4 is 9.47 Å². The van der Waals surface area contributed by atoms with E-state index in [0.29, 0.717) is 18.0 Å². The Hall–Kier alpha value is -2.53. The first-order chi connectivity index (χ1) is 13.1. The molecule has 0 fully saturated rings. The van der Waals surface area contributed by atoms with Crippen LogP contribution in [0.1, 0.15) is 29.2 Å². The van der Waals surface area contributed by atoms with Crippen molar-refractivity contribution in [3.05, 3.63) is 58.1 Å². The minimum atomic E-state index is -0.0960. The summed E-state index contributed by atoms with van der Waals surface area (Å²) in [5, 5.41) is 0.615. The van der Waals surface area contributed by atoms with E-state index in [1.54, 1.807) is 14.2 Å². The Morgan fingerprint density at radius 2 is 2.04 bits per heavy atom. The highest BCUT2D eigenvalue weighted by molar-refractivity contribution is 6.30. The van der Waals surface area contributed by atoms with Crippen molar-refractivity contribution in [3.8, 4) is 11.5 Å². The molecule has 27 heavy (non-hydrogen) atoms. The second-order valence-electron chi connectivity index (χ2n) is 6.73. The van der Waals surface area contributed by atoms with E-state index in [2.05, 4.69) is 4.99 Å². The monoisotopic (exact) mass is 384 g/mol. The number of amides is 1. The first kappa shape index (κ1) is 17.9. The number of carbonyl (C=O) groups is 1. The Balaban J connectivity index is 1.77. The third-order valence-corrected chi connectivity index (χ3v) is 5.50. The lowest BCUT2D eigenvalue weighted by molar-refractivity contribution is -0.132. The highest BCUT2D eigenvalue weighted by atomic mass is 35.5. The number of carbonyl (C=O) groups excluding carboxylic acids is 1. The third kappa shape index (κ3) is 3.28. The number of rotatable bonds is 3. The number of ether oxygens (including phenoxy) is 2. The molecular weight excluding hydrogens is 364 g/mol. The Morgan fingerprint density at radius 1 is 1.19 bits per heavy atom. The van der Waals surface area contributed by atoms with Gasteiger partial charge in [0.15, 0.2) is 0 Å². The molecule has 1 atom stereocenters. The van der Waals surface area contributed by atoms with Gasteiger partial charge in [0, 0.05) is 29.3 Å². The molecule has 0 spiro atoms. The van der Waals surface area contributed by atoms with Crippen molar-refractivity contribution in [3.63, 3.8) is 0 Å². The van der Waals surface area contributed by atoms with Crippen LogP contribution in [0.5, 0.6) is 11.5 Å². The van der Waals surface area contributed by atoms with E-state index in [4.69, 9.17) is 21.1 Å². The molecular formula is C21H21ClN2O3. The zero-order chi connectivity index (χ0) is 19.0. The first-order valence-corrected chi connectivity index (χ1v) is 9.32. The molecule has 2 aliphatic rings. The fourth-order valence-corrected chi connectivity index (χ4v) is 4.18. The molecule has 0 saturated carbocycles. The molecule has 1 amide bonds. The predicted octanol–water partition coefficient (Wildman–Crippen LogP) is 3.68. The lowest BCUT2D eigenvalue weighted by Crippen LogP contribution is -2.40. The number of aliphatic imine (C=N–C) groups is 1. The standard InChI is InChI=1S/C21H21ClN2O3/c1-26-15-5-3-4-13(8-15)18-11-19-17-9-14(22)10-20(27-2)16(17)6-7-24(19)21(25)12-23-18/h3-5,8-10,19H,6-7,11-12H2,1-2H3. The molecule has 2 aliphatic heterocycles. The number of hydrogen-bond acceptors (Lipinski definition) is 4. The van der Waals surface area contributed by atoms with Gasteiger partial charge in [-0.15, -0.1) is 0 Å². The first-order valence-electron chi connectivity index (χ1n) is 8.94. The van der Waals surface area contributed by atoms with Crippen LogP contribution in [0.25, 0.3) is 0 Å². The molecule has 140 valence electrons. The van der Waals surface area contributed by atoms with Crippen molar-refractivity contribution >= 4 is 23.2 Å². The van der Waals surface area contributed by atoms with Crippen molar-refractivity contribution in [2.75, 3.05) is 27.3 Å². The number of benzene rings is 2. The average Bonchev–Trinajstić information content (AvgIpc) is 2.86. The fourth-order valence-electron chi connectivity index (χ4n) is 3.97. The van der Waals surface area contributed by atoms with Gasteiger partial charge >= 0.3 is 0 Å². The molecule has 2 heterocycles. The van der Waals surface area contributed by atoms with Gasteiger partial charge in [-0.05, 0) is 41.8 Å². The van der Waals surface area contributed by atoms with Crippen molar-refractivity contribution < 1.29 is 14.3 Å². The molecule has 6 heteroatoms. The van der Waals surface area contributed by atoms with Crippen molar-refractivity contribution in [2.45, 2.75) is 18.9 Å². The summed E-state index contributed by atoms with van der Waals surface area (Å²) in [6.07, 6.45) is 1.39. The second-order valence-corrected chi connectivity index (χ2v) is 7.16. The highest BCUT2D eigenvalue weighted by Crippen LogP contribution is 2.40. The Kier molecular flexibility index (Phi) is 4.79. The number of nitrogens with zero attached hydrogens (tertiary/aromatic N) is 2. The van der Waals surface area contributed by atoms with E-state index in [1.165, 1.54) is 0 Å². The maximum absolute atomic E-state index is 12.7. The molecule has 0 saturated heterocycles. The van der Waals surface area contributed by atoms with Gasteiger partial charge in [-0.1, -0.05) is 23.7 Å². The van der Waals surface area contributed by atoms with Gasteiger partial charge in [0.1, 0.15) is 18.0 Å². The summed E-state index contributed by atoms with van der Waals surface area (Å²) in [6.45, 7) is 0.825. The smallest absolute Gasteiger partial charge is 0.244 e. The summed E-state index contributed by atoms with van der Waals surface area (Å²) in [7, 11) is 3.30. The lowest BCUT2D eigenvalue weighted by atomic mass is 9.88. The van der Waals surface area contributed by atoms with Crippen LogP contribution in [0.4, 0.5) is 0 Å². The van der Waals surface area contributed by atoms with E-state index in [1.807, 2.05) is 41.3 Å². The molecule has 2 aromatic rings. The van der Waals surface area contributed by atoms with E-state index in [-0.39, 0.29) is 18.5 Å². The van der Waals surface area contributed by atoms with Crippen LogP contribution in [0.3, 0.4) is 0 Å². The molecule has 5 nitrogen and oxygen atoms in total. The highest BCUT2D eigenvalue weighted by Gasteiger charge is 2.35. The minimum Gasteiger partial charge on any atom is -0.497 e. The zero-order valence-electron chi connectivity index (χ0n) is 15.4. The van der Waals surface area contributed by atoms with Gasteiger partial charge in [0.25, 0.3) is 0 Å².